The molecule has 1 heterocycles. The highest BCUT2D eigenvalue weighted by Crippen LogP contribution is 2.31. The molecule has 1 atom stereocenters. The molecule has 27 heavy (non-hydrogen) atoms. The lowest BCUT2D eigenvalue weighted by Crippen LogP contribution is -2.17. The van der Waals surface area contributed by atoms with E-state index in [-0.39, 0.29) is 11.2 Å². The van der Waals surface area contributed by atoms with Gasteiger partial charge >= 0.3 is 5.97 Å². The second-order valence-corrected chi connectivity index (χ2v) is 8.55. The number of hydrogen-bond acceptors (Lipinski definition) is 4. The summed E-state index contributed by atoms with van der Waals surface area (Å²) in [4.78, 5) is 12.8. The normalized spacial score (nSPS) is 17.3. The highest BCUT2D eigenvalue weighted by Gasteiger charge is 2.23. The Balaban J connectivity index is 1.82. The summed E-state index contributed by atoms with van der Waals surface area (Å²) >= 11 is 1.38. The van der Waals surface area contributed by atoms with Crippen LogP contribution in [0.25, 0.3) is 0 Å². The molecule has 1 aliphatic heterocycles. The van der Waals surface area contributed by atoms with Crippen molar-refractivity contribution in [1.29, 1.82) is 5.26 Å². The lowest BCUT2D eigenvalue weighted by atomic mass is 10.0. The van der Waals surface area contributed by atoms with Gasteiger partial charge in [0.25, 0.3) is 0 Å². The number of carbonyl (C=O) groups is 1. The molecule has 3 nitrogen and oxygen atoms in total. The molecule has 0 bridgehead atoms. The first-order valence-corrected chi connectivity index (χ1v) is 11.8. The van der Waals surface area contributed by atoms with Gasteiger partial charge in [0.1, 0.15) is 5.25 Å². The average molecular weight is 392 g/mol. The Labute approximate surface area is 170 Å². The molecule has 0 saturated heterocycles. The fraction of sp³-hybridized carbons (Fsp3) is 0.739. The van der Waals surface area contributed by atoms with Crippen molar-refractivity contribution in [2.24, 2.45) is 0 Å². The molecular formula is C23H37NO2S. The third-order valence-electron chi connectivity index (χ3n) is 4.88. The van der Waals surface area contributed by atoms with Crippen molar-refractivity contribution in [3.63, 3.8) is 0 Å². The van der Waals surface area contributed by atoms with Crippen LogP contribution in [0.1, 0.15) is 96.8 Å². The third kappa shape index (κ3) is 12.7. The summed E-state index contributed by atoms with van der Waals surface area (Å²) in [6.45, 7) is 2.78. The molecule has 0 aliphatic carbocycles. The predicted molar refractivity (Wildman–Crippen MR) is 115 cm³/mol. The van der Waals surface area contributed by atoms with E-state index in [0.29, 0.717) is 6.61 Å². The summed E-state index contributed by atoms with van der Waals surface area (Å²) in [6.07, 6.45) is 23.6. The summed E-state index contributed by atoms with van der Waals surface area (Å²) < 4.78 is 5.34. The van der Waals surface area contributed by atoms with E-state index < -0.39 is 0 Å². The summed E-state index contributed by atoms with van der Waals surface area (Å²) in [5.41, 5.74) is 0. The number of unbranched alkanes of at least 4 members (excludes halogenated alkanes) is 13. The molecule has 0 radical (unpaired) electrons. The van der Waals surface area contributed by atoms with E-state index in [1.54, 1.807) is 6.08 Å². The molecule has 0 N–H and O–H groups in total. The predicted octanol–water partition coefficient (Wildman–Crippen LogP) is 7.09. The SMILES string of the molecule is CCCCCCCCCCCCCCCCOC(=O)C1C=CC(=CC#N)S1. The second kappa shape index (κ2) is 16.9. The van der Waals surface area contributed by atoms with E-state index >= 15 is 0 Å². The van der Waals surface area contributed by atoms with Crippen molar-refractivity contribution in [2.75, 3.05) is 6.61 Å². The van der Waals surface area contributed by atoms with Crippen LogP contribution in [0.2, 0.25) is 0 Å². The number of ether oxygens (including phenoxy) is 1. The Morgan fingerprint density at radius 1 is 1.00 bits per heavy atom. The molecule has 0 spiro atoms. The Hall–Kier alpha value is -1.21. The van der Waals surface area contributed by atoms with Crippen LogP contribution in [0.5, 0.6) is 0 Å². The molecule has 1 aliphatic rings. The van der Waals surface area contributed by atoms with E-state index in [4.69, 9.17) is 10.00 Å². The van der Waals surface area contributed by atoms with Crippen LogP contribution in [0.3, 0.4) is 0 Å². The number of thioether (sulfide) groups is 1. The molecule has 0 saturated carbocycles. The zero-order chi connectivity index (χ0) is 19.6. The van der Waals surface area contributed by atoms with E-state index in [0.717, 1.165) is 17.7 Å². The molecule has 0 aromatic heterocycles. The van der Waals surface area contributed by atoms with E-state index in [1.165, 1.54) is 94.9 Å². The minimum absolute atomic E-state index is 0.188. The van der Waals surface area contributed by atoms with Gasteiger partial charge in [-0.15, -0.1) is 11.8 Å². The zero-order valence-electron chi connectivity index (χ0n) is 17.1. The van der Waals surface area contributed by atoms with E-state index in [1.807, 2.05) is 12.1 Å². The number of rotatable bonds is 16. The fourth-order valence-corrected chi connectivity index (χ4v) is 4.12. The first-order valence-electron chi connectivity index (χ1n) is 10.9. The van der Waals surface area contributed by atoms with Crippen LogP contribution in [-0.2, 0) is 9.53 Å². The van der Waals surface area contributed by atoms with E-state index in [9.17, 15) is 4.79 Å². The summed E-state index contributed by atoms with van der Waals surface area (Å²) in [5.74, 6) is -0.188. The monoisotopic (exact) mass is 391 g/mol. The highest BCUT2D eigenvalue weighted by molar-refractivity contribution is 8.05. The first kappa shape index (κ1) is 23.8. The lowest BCUT2D eigenvalue weighted by molar-refractivity contribution is -0.142. The Kier molecular flexibility index (Phi) is 14.9. The first-order chi connectivity index (χ1) is 13.3. The molecule has 0 fully saturated rings. The third-order valence-corrected chi connectivity index (χ3v) is 6.01. The van der Waals surface area contributed by atoms with Crippen molar-refractivity contribution in [1.82, 2.24) is 0 Å². The number of esters is 1. The van der Waals surface area contributed by atoms with E-state index in [2.05, 4.69) is 6.92 Å². The maximum absolute atomic E-state index is 11.9. The summed E-state index contributed by atoms with van der Waals surface area (Å²) in [5, 5.41) is 8.33. The number of nitrogens with zero attached hydrogens (tertiary/aromatic N) is 1. The quantitative estimate of drug-likeness (QED) is 0.160. The highest BCUT2D eigenvalue weighted by atomic mass is 32.2. The zero-order valence-corrected chi connectivity index (χ0v) is 17.9. The van der Waals surface area contributed by atoms with Gasteiger partial charge in [-0.05, 0) is 6.42 Å². The standard InChI is InChI=1S/C23H37NO2S/c1-2-3-4-5-6-7-8-9-10-11-12-13-14-15-20-26-23(25)22-17-16-21(27-22)18-19-24/h16-18,22H,2-15,20H2,1H3. The van der Waals surface area contributed by atoms with Gasteiger partial charge < -0.3 is 4.74 Å². The second-order valence-electron chi connectivity index (χ2n) is 7.34. The van der Waals surface area contributed by atoms with Gasteiger partial charge in [0.05, 0.1) is 12.7 Å². The molecule has 0 amide bonds. The number of hydrogen-bond donors (Lipinski definition) is 0. The molecule has 1 unspecified atom stereocenters. The van der Waals surface area contributed by atoms with Crippen LogP contribution >= 0.6 is 11.8 Å². The van der Waals surface area contributed by atoms with Crippen LogP contribution in [-0.4, -0.2) is 17.8 Å². The molecule has 1 rings (SSSR count). The van der Waals surface area contributed by atoms with Crippen LogP contribution in [0.4, 0.5) is 0 Å². The molecule has 152 valence electrons. The molecule has 0 aromatic carbocycles. The molecular weight excluding hydrogens is 354 g/mol. The fourth-order valence-electron chi connectivity index (χ4n) is 3.23. The van der Waals surface area contributed by atoms with Crippen LogP contribution < -0.4 is 0 Å². The van der Waals surface area contributed by atoms with Gasteiger partial charge in [-0.25, -0.2) is 0 Å². The number of allylic oxidation sites excluding steroid dienone is 2. The van der Waals surface area contributed by atoms with Crippen molar-refractivity contribution < 1.29 is 9.53 Å². The van der Waals surface area contributed by atoms with Gasteiger partial charge in [0, 0.05) is 11.0 Å². The van der Waals surface area contributed by atoms with Crippen molar-refractivity contribution in [3.05, 3.63) is 23.1 Å². The Bertz CT molecular complexity index is 493. The molecule has 4 heteroatoms. The summed E-state index contributed by atoms with van der Waals surface area (Å²) in [7, 11) is 0. The maximum atomic E-state index is 11.9. The van der Waals surface area contributed by atoms with Crippen molar-refractivity contribution in [3.8, 4) is 6.07 Å². The topological polar surface area (TPSA) is 50.1 Å². The van der Waals surface area contributed by atoms with Gasteiger partial charge in [-0.3, -0.25) is 4.79 Å². The van der Waals surface area contributed by atoms with Crippen molar-refractivity contribution >= 4 is 17.7 Å². The minimum atomic E-state index is -0.281. The minimum Gasteiger partial charge on any atom is -0.465 e. The molecule has 0 aromatic rings. The largest absolute Gasteiger partial charge is 0.465 e. The van der Waals surface area contributed by atoms with Gasteiger partial charge in [-0.2, -0.15) is 5.26 Å². The van der Waals surface area contributed by atoms with Gasteiger partial charge in [0.2, 0.25) is 0 Å². The average Bonchev–Trinajstić information content (AvgIpc) is 3.14. The van der Waals surface area contributed by atoms with Gasteiger partial charge in [0.15, 0.2) is 0 Å². The van der Waals surface area contributed by atoms with Gasteiger partial charge in [-0.1, -0.05) is 103 Å². The number of nitriles is 1. The maximum Gasteiger partial charge on any atom is 0.323 e. The van der Waals surface area contributed by atoms with Crippen LogP contribution in [0, 0.1) is 11.3 Å². The smallest absolute Gasteiger partial charge is 0.323 e. The Morgan fingerprint density at radius 2 is 1.52 bits per heavy atom. The van der Waals surface area contributed by atoms with Crippen molar-refractivity contribution in [2.45, 2.75) is 102 Å². The Morgan fingerprint density at radius 3 is 2.04 bits per heavy atom. The van der Waals surface area contributed by atoms with Crippen LogP contribution in [0.15, 0.2) is 23.1 Å². The lowest BCUT2D eigenvalue weighted by Gasteiger charge is -2.08. The number of carbonyl (C=O) groups excluding carboxylic acids is 1. The summed E-state index contributed by atoms with van der Waals surface area (Å²) in [6, 6.07) is 1.98.